The predicted octanol–water partition coefficient (Wildman–Crippen LogP) is 4.87. The van der Waals surface area contributed by atoms with Crippen LogP contribution in [0.15, 0.2) is 36.7 Å². The number of anilines is 2. The Morgan fingerprint density at radius 1 is 1.03 bits per heavy atom. The number of nitrogens with one attached hydrogen (secondary N) is 2. The number of amides is 1. The summed E-state index contributed by atoms with van der Waals surface area (Å²) in [5, 5.41) is 6.14. The minimum atomic E-state index is -0.684. The molecule has 1 fully saturated rings. The Morgan fingerprint density at radius 3 is 2.42 bits per heavy atom. The van der Waals surface area contributed by atoms with Crippen LogP contribution in [0.5, 0.6) is 0 Å². The van der Waals surface area contributed by atoms with Gasteiger partial charge in [0.1, 0.15) is 22.9 Å². The van der Waals surface area contributed by atoms with Crippen LogP contribution in [-0.4, -0.2) is 61.5 Å². The van der Waals surface area contributed by atoms with Crippen molar-refractivity contribution in [3.8, 4) is 11.3 Å². The maximum atomic E-state index is 14.9. The lowest BCUT2D eigenvalue weighted by Crippen LogP contribution is -2.46. The highest BCUT2D eigenvalue weighted by Gasteiger charge is 2.20. The van der Waals surface area contributed by atoms with Gasteiger partial charge < -0.3 is 20.1 Å². The van der Waals surface area contributed by atoms with Crippen molar-refractivity contribution in [2.24, 2.45) is 0 Å². The Hall–Kier alpha value is -3.99. The molecule has 3 aromatic heterocycles. The van der Waals surface area contributed by atoms with Crippen LogP contribution in [-0.2, 0) is 0 Å². The Morgan fingerprint density at radius 2 is 1.76 bits per heavy atom. The monoisotopic (exact) mass is 522 g/mol. The van der Waals surface area contributed by atoms with Gasteiger partial charge in [-0.1, -0.05) is 13.8 Å². The molecule has 200 valence electrons. The molecule has 1 saturated heterocycles. The number of carbonyl (C=O) groups is 1. The number of fused-ring (bicyclic) bond motifs is 1. The number of pyridine rings is 1. The lowest BCUT2D eigenvalue weighted by Gasteiger charge is -2.27. The molecule has 0 bridgehead atoms. The highest BCUT2D eigenvalue weighted by Crippen LogP contribution is 2.30. The molecule has 5 rings (SSSR count). The van der Waals surface area contributed by atoms with Gasteiger partial charge in [0.2, 0.25) is 5.95 Å². The molecule has 0 saturated carbocycles. The quantitative estimate of drug-likeness (QED) is 0.386. The van der Waals surface area contributed by atoms with Gasteiger partial charge >= 0.3 is 0 Å². The summed E-state index contributed by atoms with van der Waals surface area (Å²) in [5.74, 6) is -0.162. The lowest BCUT2D eigenvalue weighted by atomic mass is 10.1. The predicted molar refractivity (Wildman–Crippen MR) is 143 cm³/mol. The summed E-state index contributed by atoms with van der Waals surface area (Å²) in [6.45, 7) is 12.6. The molecule has 4 aromatic rings. The summed E-state index contributed by atoms with van der Waals surface area (Å²) in [5.41, 5.74) is 1.50. The number of benzene rings is 1. The Labute approximate surface area is 220 Å². The number of hydrogen-bond donors (Lipinski definition) is 2. The smallest absolute Gasteiger partial charge is 0.255 e. The molecule has 2 N–H and O–H groups in total. The van der Waals surface area contributed by atoms with Crippen molar-refractivity contribution in [3.63, 3.8) is 0 Å². The standard InChI is InChI=1S/C25H26F2N8O.C2H6/c1-14(2)35-15(3)31-23-18(26)10-17(11-20(23)35)22-19(27)13-30-25(33-22)32-21-5-4-16(12-29-21)24(36)34-8-6-28-7-9-34;1-2/h4-5,10-14,28H,6-9H2,1-3H3,(H,29,30,32,33);1-2H3. The van der Waals surface area contributed by atoms with Gasteiger partial charge in [0.05, 0.1) is 17.3 Å². The zero-order valence-corrected chi connectivity index (χ0v) is 22.2. The van der Waals surface area contributed by atoms with E-state index in [0.717, 1.165) is 19.3 Å². The summed E-state index contributed by atoms with van der Waals surface area (Å²) >= 11 is 0. The van der Waals surface area contributed by atoms with Crippen LogP contribution in [0.4, 0.5) is 20.5 Å². The van der Waals surface area contributed by atoms with E-state index in [0.29, 0.717) is 35.8 Å². The summed E-state index contributed by atoms with van der Waals surface area (Å²) in [7, 11) is 0. The van der Waals surface area contributed by atoms with E-state index >= 15 is 0 Å². The average Bonchev–Trinajstić information content (AvgIpc) is 3.28. The van der Waals surface area contributed by atoms with E-state index in [2.05, 4.69) is 30.6 Å². The minimum Gasteiger partial charge on any atom is -0.336 e. The Balaban J connectivity index is 0.00000164. The normalized spacial score (nSPS) is 13.4. The summed E-state index contributed by atoms with van der Waals surface area (Å²) < 4.78 is 31.5. The van der Waals surface area contributed by atoms with Gasteiger partial charge in [0.25, 0.3) is 5.91 Å². The largest absolute Gasteiger partial charge is 0.336 e. The number of piperazine rings is 1. The van der Waals surface area contributed by atoms with E-state index < -0.39 is 11.6 Å². The summed E-state index contributed by atoms with van der Waals surface area (Å²) in [6.07, 6.45) is 2.51. The van der Waals surface area contributed by atoms with Crippen LogP contribution in [0.1, 0.15) is 49.9 Å². The van der Waals surface area contributed by atoms with Gasteiger partial charge in [-0.15, -0.1) is 0 Å². The molecular formula is C27H32F2N8O. The lowest BCUT2D eigenvalue weighted by molar-refractivity contribution is 0.0735. The molecule has 1 aliphatic rings. The van der Waals surface area contributed by atoms with E-state index in [1.165, 1.54) is 12.3 Å². The second kappa shape index (κ2) is 11.6. The molecule has 4 heterocycles. The number of aryl methyl sites for hydroxylation is 1. The highest BCUT2D eigenvalue weighted by molar-refractivity contribution is 5.94. The molecule has 1 aromatic carbocycles. The Kier molecular flexibility index (Phi) is 8.26. The number of carbonyl (C=O) groups excluding carboxylic acids is 1. The van der Waals surface area contributed by atoms with Gasteiger partial charge in [-0.2, -0.15) is 0 Å². The third kappa shape index (κ3) is 5.47. The molecule has 0 aliphatic carbocycles. The van der Waals surface area contributed by atoms with Crippen LogP contribution < -0.4 is 10.6 Å². The van der Waals surface area contributed by atoms with Gasteiger partial charge in [-0.05, 0) is 45.0 Å². The number of hydrogen-bond acceptors (Lipinski definition) is 7. The first kappa shape index (κ1) is 27.1. The maximum absolute atomic E-state index is 14.9. The van der Waals surface area contributed by atoms with Gasteiger partial charge in [-0.25, -0.2) is 28.7 Å². The molecule has 0 spiro atoms. The van der Waals surface area contributed by atoms with E-state index in [1.807, 2.05) is 39.2 Å². The second-order valence-corrected chi connectivity index (χ2v) is 8.94. The van der Waals surface area contributed by atoms with Crippen molar-refractivity contribution in [1.29, 1.82) is 0 Å². The third-order valence-electron chi connectivity index (χ3n) is 6.11. The van der Waals surface area contributed by atoms with Crippen molar-refractivity contribution in [2.45, 2.75) is 40.7 Å². The van der Waals surface area contributed by atoms with Gasteiger partial charge in [-0.3, -0.25) is 4.79 Å². The number of imidazole rings is 1. The molecule has 1 amide bonds. The summed E-state index contributed by atoms with van der Waals surface area (Å²) in [4.78, 5) is 31.3. The first-order valence-corrected chi connectivity index (χ1v) is 12.8. The fourth-order valence-corrected chi connectivity index (χ4v) is 4.45. The number of halogens is 2. The SMILES string of the molecule is CC.Cc1nc2c(F)cc(-c3nc(Nc4ccc(C(=O)N5CCNCC5)cn4)ncc3F)cc2n1C(C)C. The third-order valence-corrected chi connectivity index (χ3v) is 6.11. The fraction of sp³-hybridized carbons (Fsp3) is 0.370. The van der Waals surface area contributed by atoms with Crippen LogP contribution in [0.25, 0.3) is 22.3 Å². The van der Waals surface area contributed by atoms with Crippen molar-refractivity contribution >= 4 is 28.7 Å². The molecular weight excluding hydrogens is 490 g/mol. The number of aromatic nitrogens is 5. The van der Waals surface area contributed by atoms with E-state index in [9.17, 15) is 13.6 Å². The van der Waals surface area contributed by atoms with Crippen molar-refractivity contribution < 1.29 is 13.6 Å². The summed E-state index contributed by atoms with van der Waals surface area (Å²) in [6, 6.07) is 6.26. The molecule has 9 nitrogen and oxygen atoms in total. The van der Waals surface area contributed by atoms with Crippen LogP contribution in [0.2, 0.25) is 0 Å². The maximum Gasteiger partial charge on any atom is 0.255 e. The zero-order valence-electron chi connectivity index (χ0n) is 22.2. The van der Waals surface area contributed by atoms with Crippen LogP contribution >= 0.6 is 0 Å². The second-order valence-electron chi connectivity index (χ2n) is 8.94. The molecule has 0 radical (unpaired) electrons. The number of nitrogens with zero attached hydrogens (tertiary/aromatic N) is 6. The minimum absolute atomic E-state index is 0.0460. The van der Waals surface area contributed by atoms with Gasteiger partial charge in [0.15, 0.2) is 11.6 Å². The van der Waals surface area contributed by atoms with E-state index in [4.69, 9.17) is 0 Å². The molecule has 0 unspecified atom stereocenters. The number of rotatable bonds is 5. The molecule has 1 aliphatic heterocycles. The topological polar surface area (TPSA) is 101 Å². The first-order valence-electron chi connectivity index (χ1n) is 12.8. The van der Waals surface area contributed by atoms with Crippen LogP contribution in [0, 0.1) is 18.6 Å². The van der Waals surface area contributed by atoms with Gasteiger partial charge in [0, 0.05) is 44.0 Å². The van der Waals surface area contributed by atoms with E-state index in [1.54, 1.807) is 23.1 Å². The Bertz CT molecular complexity index is 1430. The molecule has 38 heavy (non-hydrogen) atoms. The van der Waals surface area contributed by atoms with E-state index in [-0.39, 0.29) is 34.7 Å². The van der Waals surface area contributed by atoms with Crippen molar-refractivity contribution in [1.82, 2.24) is 34.7 Å². The molecule has 0 atom stereocenters. The van der Waals surface area contributed by atoms with Crippen molar-refractivity contribution in [2.75, 3.05) is 31.5 Å². The van der Waals surface area contributed by atoms with Crippen LogP contribution in [0.3, 0.4) is 0 Å². The average molecular weight is 523 g/mol. The molecule has 11 heteroatoms. The highest BCUT2D eigenvalue weighted by atomic mass is 19.1. The van der Waals surface area contributed by atoms with Crippen molar-refractivity contribution in [3.05, 3.63) is 59.7 Å². The first-order chi connectivity index (χ1) is 18.3. The zero-order chi connectivity index (χ0) is 27.4. The fourth-order valence-electron chi connectivity index (χ4n) is 4.45.